The topological polar surface area (TPSA) is 112 Å². The first-order valence-corrected chi connectivity index (χ1v) is 11.6. The Balaban J connectivity index is 1.95. The number of anilines is 3. The number of aromatic nitrogens is 3. The number of allylic oxidation sites excluding steroid dienone is 5. The number of hydrogen-bond acceptors (Lipinski definition) is 8. The number of carbonyl (C=O) groups is 2. The molecule has 2 aromatic heterocycles. The molecule has 10 heteroatoms. The first-order chi connectivity index (χ1) is 16.3. The van der Waals surface area contributed by atoms with Gasteiger partial charge in [-0.1, -0.05) is 48.8 Å². The van der Waals surface area contributed by atoms with E-state index in [-0.39, 0.29) is 11.8 Å². The number of hydrogen-bond donors (Lipinski definition) is 3. The average molecular weight is 482 g/mol. The molecule has 0 radical (unpaired) electrons. The summed E-state index contributed by atoms with van der Waals surface area (Å²) in [6.07, 6.45) is 10.6. The molecule has 2 heterocycles. The second-order valence-electron chi connectivity index (χ2n) is 7.25. The van der Waals surface area contributed by atoms with Crippen molar-refractivity contribution in [1.29, 1.82) is 0 Å². The van der Waals surface area contributed by atoms with Gasteiger partial charge in [0, 0.05) is 32.4 Å². The van der Waals surface area contributed by atoms with Crippen molar-refractivity contribution in [3.8, 4) is 0 Å². The Morgan fingerprint density at radius 2 is 1.97 bits per heavy atom. The zero-order chi connectivity index (χ0) is 25.1. The number of carbonyl (C=O) groups excluding carboxylic acids is 2. The highest BCUT2D eigenvalue weighted by Gasteiger charge is 2.20. The first-order valence-electron chi connectivity index (χ1n) is 10.7. The van der Waals surface area contributed by atoms with E-state index in [1.165, 1.54) is 22.3 Å². The molecule has 0 aliphatic heterocycles. The molecule has 2 amide bonds. The zero-order valence-corrected chi connectivity index (χ0v) is 20.8. The maximum atomic E-state index is 12.2. The van der Waals surface area contributed by atoms with E-state index in [0.29, 0.717) is 35.7 Å². The van der Waals surface area contributed by atoms with Gasteiger partial charge in [-0.05, 0) is 32.4 Å². The number of rotatable bonds is 12. The van der Waals surface area contributed by atoms with Gasteiger partial charge in [0.2, 0.25) is 11.8 Å². The van der Waals surface area contributed by atoms with E-state index in [4.69, 9.17) is 0 Å². The molecule has 0 aromatic carbocycles. The van der Waals surface area contributed by atoms with Crippen LogP contribution in [0.2, 0.25) is 0 Å². The second-order valence-corrected chi connectivity index (χ2v) is 8.28. The largest absolute Gasteiger partial charge is 0.368 e. The summed E-state index contributed by atoms with van der Waals surface area (Å²) in [7, 11) is 1.56. The van der Waals surface area contributed by atoms with E-state index in [1.807, 2.05) is 25.2 Å². The lowest BCUT2D eigenvalue weighted by atomic mass is 10.2. The second kappa shape index (κ2) is 13.0. The summed E-state index contributed by atoms with van der Waals surface area (Å²) in [6.45, 7) is 13.4. The minimum atomic E-state index is -0.597. The van der Waals surface area contributed by atoms with Crippen LogP contribution in [0.5, 0.6) is 0 Å². The van der Waals surface area contributed by atoms with E-state index >= 15 is 0 Å². The minimum absolute atomic E-state index is 0.247. The summed E-state index contributed by atoms with van der Waals surface area (Å²) < 4.78 is 0. The van der Waals surface area contributed by atoms with Gasteiger partial charge in [-0.3, -0.25) is 9.59 Å². The third-order valence-corrected chi connectivity index (χ3v) is 5.68. The Bertz CT molecular complexity index is 1090. The predicted octanol–water partition coefficient (Wildman–Crippen LogP) is 3.69. The van der Waals surface area contributed by atoms with Crippen LogP contribution in [-0.4, -0.2) is 57.8 Å². The van der Waals surface area contributed by atoms with Crippen molar-refractivity contribution in [3.05, 3.63) is 66.5 Å². The first kappa shape index (κ1) is 26.5. The summed E-state index contributed by atoms with van der Waals surface area (Å²) in [5.41, 5.74) is 1.03. The third-order valence-electron chi connectivity index (χ3n) is 4.72. The predicted molar refractivity (Wildman–Crippen MR) is 139 cm³/mol. The van der Waals surface area contributed by atoms with Gasteiger partial charge in [-0.2, -0.15) is 0 Å². The van der Waals surface area contributed by atoms with Gasteiger partial charge in [-0.15, -0.1) is 0 Å². The highest BCUT2D eigenvalue weighted by molar-refractivity contribution is 7.16. The van der Waals surface area contributed by atoms with Crippen molar-refractivity contribution in [2.45, 2.75) is 26.8 Å². The molecule has 0 unspecified atom stereocenters. The smallest absolute Gasteiger partial charge is 0.246 e. The summed E-state index contributed by atoms with van der Waals surface area (Å²) in [5.74, 6) is 1.27. The SMILES string of the molecule is C=C/C=C(\C=C/C)c1cnc(Nc2cc(NCCNC(=O)[C@H](C)N(C)C(=O)C=C)nc(C)n2)s1. The van der Waals surface area contributed by atoms with E-state index in [2.05, 4.69) is 44.1 Å². The Morgan fingerprint density at radius 3 is 2.65 bits per heavy atom. The molecular formula is C24H31N7O2S. The fourth-order valence-corrected chi connectivity index (χ4v) is 3.69. The average Bonchev–Trinajstić information content (AvgIpc) is 3.27. The molecule has 2 rings (SSSR count). The highest BCUT2D eigenvalue weighted by Crippen LogP contribution is 2.28. The molecular weight excluding hydrogens is 450 g/mol. The Kier molecular flexibility index (Phi) is 10.2. The number of nitrogens with one attached hydrogen (secondary N) is 3. The number of aryl methyl sites for hydroxylation is 1. The molecule has 0 saturated carbocycles. The normalized spacial score (nSPS) is 12.2. The lowest BCUT2D eigenvalue weighted by Gasteiger charge is -2.22. The summed E-state index contributed by atoms with van der Waals surface area (Å²) in [6, 6.07) is 1.18. The Hall–Kier alpha value is -3.79. The van der Waals surface area contributed by atoms with Gasteiger partial charge in [0.05, 0.1) is 4.88 Å². The van der Waals surface area contributed by atoms with Crippen LogP contribution in [0.4, 0.5) is 16.8 Å². The molecule has 9 nitrogen and oxygen atoms in total. The van der Waals surface area contributed by atoms with Crippen molar-refractivity contribution < 1.29 is 9.59 Å². The van der Waals surface area contributed by atoms with Crippen molar-refractivity contribution in [2.24, 2.45) is 0 Å². The number of nitrogens with zero attached hydrogens (tertiary/aromatic N) is 4. The van der Waals surface area contributed by atoms with E-state index < -0.39 is 6.04 Å². The van der Waals surface area contributed by atoms with Gasteiger partial charge in [0.25, 0.3) is 0 Å². The van der Waals surface area contributed by atoms with Gasteiger partial charge in [0.15, 0.2) is 5.13 Å². The molecule has 1 atom stereocenters. The molecule has 2 aromatic rings. The number of thiazole rings is 1. The van der Waals surface area contributed by atoms with Crippen LogP contribution in [0.3, 0.4) is 0 Å². The molecule has 0 spiro atoms. The van der Waals surface area contributed by atoms with Gasteiger partial charge in [-0.25, -0.2) is 15.0 Å². The summed E-state index contributed by atoms with van der Waals surface area (Å²) in [5, 5.41) is 9.90. The van der Waals surface area contributed by atoms with Gasteiger partial charge >= 0.3 is 0 Å². The molecule has 0 aliphatic carbocycles. The van der Waals surface area contributed by atoms with Crippen molar-refractivity contribution in [1.82, 2.24) is 25.2 Å². The van der Waals surface area contributed by atoms with Gasteiger partial charge in [0.1, 0.15) is 23.5 Å². The minimum Gasteiger partial charge on any atom is -0.368 e. The number of amides is 2. The lowest BCUT2D eigenvalue weighted by molar-refractivity contribution is -0.134. The zero-order valence-electron chi connectivity index (χ0n) is 20.0. The molecule has 0 fully saturated rings. The van der Waals surface area contributed by atoms with Crippen LogP contribution >= 0.6 is 11.3 Å². The standard InChI is InChI=1S/C24H31N7O2S/c1-7-10-18(11-8-2)19-15-27-24(34-19)30-21-14-20(28-17(5)29-21)25-12-13-26-23(33)16(4)31(6)22(32)9-3/h7-11,14-16H,1,3,12-13H2,2,4-6H3,(H,26,33)(H2,25,27,28,29,30)/b11-8-,18-10+/t16-/m0/s1. The van der Waals surface area contributed by atoms with Crippen LogP contribution in [-0.2, 0) is 9.59 Å². The molecule has 3 N–H and O–H groups in total. The maximum absolute atomic E-state index is 12.2. The van der Waals surface area contributed by atoms with Crippen LogP contribution < -0.4 is 16.0 Å². The molecule has 0 saturated heterocycles. The van der Waals surface area contributed by atoms with E-state index in [1.54, 1.807) is 39.2 Å². The Morgan fingerprint density at radius 1 is 1.24 bits per heavy atom. The van der Waals surface area contributed by atoms with Crippen molar-refractivity contribution in [3.63, 3.8) is 0 Å². The lowest BCUT2D eigenvalue weighted by Crippen LogP contribution is -2.46. The van der Waals surface area contributed by atoms with Gasteiger partial charge < -0.3 is 20.9 Å². The Labute approximate surface area is 204 Å². The van der Waals surface area contributed by atoms with Crippen LogP contribution in [0.1, 0.15) is 24.5 Å². The van der Waals surface area contributed by atoms with Crippen LogP contribution in [0.15, 0.2) is 55.8 Å². The quantitative estimate of drug-likeness (QED) is 0.241. The summed E-state index contributed by atoms with van der Waals surface area (Å²) in [4.78, 5) is 39.5. The maximum Gasteiger partial charge on any atom is 0.246 e. The molecule has 34 heavy (non-hydrogen) atoms. The fourth-order valence-electron chi connectivity index (χ4n) is 2.86. The van der Waals surface area contributed by atoms with E-state index in [9.17, 15) is 9.59 Å². The molecule has 0 bridgehead atoms. The monoisotopic (exact) mass is 481 g/mol. The molecule has 0 aliphatic rings. The molecule has 180 valence electrons. The summed E-state index contributed by atoms with van der Waals surface area (Å²) >= 11 is 1.51. The van der Waals surface area contributed by atoms with Crippen LogP contribution in [0.25, 0.3) is 5.57 Å². The fraction of sp³-hybridized carbons (Fsp3) is 0.292. The van der Waals surface area contributed by atoms with Crippen LogP contribution in [0, 0.1) is 6.92 Å². The van der Waals surface area contributed by atoms with Crippen molar-refractivity contribution in [2.75, 3.05) is 30.8 Å². The van der Waals surface area contributed by atoms with Crippen molar-refractivity contribution >= 4 is 45.5 Å². The third kappa shape index (κ3) is 7.66. The number of likely N-dealkylation sites (N-methyl/N-ethyl adjacent to an activating group) is 1. The highest BCUT2D eigenvalue weighted by atomic mass is 32.1. The van der Waals surface area contributed by atoms with E-state index in [0.717, 1.165) is 10.5 Å².